The molecule has 3 rings (SSSR count). The molecule has 2 aromatic heterocycles. The topological polar surface area (TPSA) is 77.1 Å². The van der Waals surface area contributed by atoms with Gasteiger partial charge in [0.05, 0.1) is 11.4 Å². The van der Waals surface area contributed by atoms with E-state index in [1.165, 1.54) is 23.5 Å². The summed E-state index contributed by atoms with van der Waals surface area (Å²) in [5.41, 5.74) is 0.940. The van der Waals surface area contributed by atoms with Gasteiger partial charge in [0.1, 0.15) is 5.82 Å². The van der Waals surface area contributed by atoms with Crippen molar-refractivity contribution in [3.8, 4) is 10.8 Å². The number of hydrogen-bond donors (Lipinski definition) is 1. The molecule has 25 heavy (non-hydrogen) atoms. The van der Waals surface area contributed by atoms with E-state index in [-0.39, 0.29) is 30.6 Å². The molecule has 0 saturated heterocycles. The molecule has 1 amide bonds. The Morgan fingerprint density at radius 1 is 1.28 bits per heavy atom. The van der Waals surface area contributed by atoms with Gasteiger partial charge in [0.25, 0.3) is 5.89 Å². The molecule has 3 aromatic rings. The van der Waals surface area contributed by atoms with Gasteiger partial charge in [-0.1, -0.05) is 18.2 Å². The molecule has 6 nitrogen and oxygen atoms in total. The van der Waals surface area contributed by atoms with Crippen LogP contribution in [-0.2, 0) is 17.8 Å². The van der Waals surface area contributed by atoms with Gasteiger partial charge in [-0.2, -0.15) is 4.68 Å². The highest BCUT2D eigenvalue weighted by atomic mass is 32.1. The number of carbonyl (C=O) groups is 1. The second-order valence-corrected chi connectivity index (χ2v) is 6.30. The molecule has 1 N–H and O–H groups in total. The van der Waals surface area contributed by atoms with Crippen LogP contribution in [0.3, 0.4) is 0 Å². The Morgan fingerprint density at radius 2 is 2.08 bits per heavy atom. The maximum absolute atomic E-state index is 12.8. The monoisotopic (exact) mass is 361 g/mol. The molecular formula is C17H16FN3O3S. The summed E-state index contributed by atoms with van der Waals surface area (Å²) in [4.78, 5) is 24.4. The van der Waals surface area contributed by atoms with Gasteiger partial charge in [0, 0.05) is 13.0 Å². The van der Waals surface area contributed by atoms with Gasteiger partial charge in [-0.25, -0.2) is 9.18 Å². The fraction of sp³-hybridized carbons (Fsp3) is 0.235. The molecule has 0 aliphatic heterocycles. The van der Waals surface area contributed by atoms with E-state index in [9.17, 15) is 14.0 Å². The summed E-state index contributed by atoms with van der Waals surface area (Å²) in [6.07, 6.45) is 0.734. The maximum atomic E-state index is 12.8. The molecule has 0 spiro atoms. The van der Waals surface area contributed by atoms with Crippen molar-refractivity contribution in [3.05, 3.63) is 63.7 Å². The number of hydrogen-bond acceptors (Lipinski definition) is 5. The van der Waals surface area contributed by atoms with Crippen LogP contribution in [0.2, 0.25) is 0 Å². The standard InChI is InChI=1S/C17H16FN3O3S/c18-13-5-3-12(4-6-13)7-9-19-15(22)8-10-21-17(23)24-16(20-21)14-2-1-11-25-14/h1-6,11H,7-10H2,(H,19,22). The molecule has 0 saturated carbocycles. The number of aromatic nitrogens is 2. The smallest absolute Gasteiger partial charge is 0.387 e. The van der Waals surface area contributed by atoms with E-state index in [1.54, 1.807) is 12.1 Å². The van der Waals surface area contributed by atoms with E-state index in [4.69, 9.17) is 4.42 Å². The van der Waals surface area contributed by atoms with Crippen LogP contribution in [0.1, 0.15) is 12.0 Å². The number of benzene rings is 1. The van der Waals surface area contributed by atoms with Crippen LogP contribution in [0.15, 0.2) is 51.0 Å². The largest absolute Gasteiger partial charge is 0.437 e. The van der Waals surface area contributed by atoms with Crippen LogP contribution < -0.4 is 11.1 Å². The van der Waals surface area contributed by atoms with E-state index in [0.29, 0.717) is 13.0 Å². The number of aryl methyl sites for hydroxylation is 1. The third kappa shape index (κ3) is 4.63. The second kappa shape index (κ2) is 7.89. The Labute approximate surface area is 146 Å². The molecule has 0 fully saturated rings. The van der Waals surface area contributed by atoms with Crippen molar-refractivity contribution in [2.75, 3.05) is 6.54 Å². The van der Waals surface area contributed by atoms with Crippen LogP contribution in [0.25, 0.3) is 10.8 Å². The Balaban J connectivity index is 1.46. The number of carbonyl (C=O) groups excluding carboxylic acids is 1. The molecule has 1 aromatic carbocycles. The lowest BCUT2D eigenvalue weighted by Gasteiger charge is -2.05. The number of amides is 1. The first-order valence-corrected chi connectivity index (χ1v) is 8.63. The lowest BCUT2D eigenvalue weighted by atomic mass is 10.1. The highest BCUT2D eigenvalue weighted by Gasteiger charge is 2.12. The summed E-state index contributed by atoms with van der Waals surface area (Å²) in [7, 11) is 0. The van der Waals surface area contributed by atoms with Gasteiger partial charge in [0.2, 0.25) is 5.91 Å². The molecular weight excluding hydrogens is 345 g/mol. The summed E-state index contributed by atoms with van der Waals surface area (Å²) in [5.74, 6) is -0.790. The lowest BCUT2D eigenvalue weighted by molar-refractivity contribution is -0.121. The fourth-order valence-corrected chi connectivity index (χ4v) is 2.88. The number of rotatable bonds is 7. The Hall–Kier alpha value is -2.74. The quantitative estimate of drug-likeness (QED) is 0.701. The SMILES string of the molecule is O=C(CCn1nc(-c2cccs2)oc1=O)NCCc1ccc(F)cc1. The molecule has 0 aliphatic rings. The molecule has 0 radical (unpaired) electrons. The van der Waals surface area contributed by atoms with E-state index >= 15 is 0 Å². The minimum absolute atomic E-state index is 0.125. The first kappa shape index (κ1) is 17.1. The predicted octanol–water partition coefficient (Wildman–Crippen LogP) is 2.45. The van der Waals surface area contributed by atoms with E-state index in [0.717, 1.165) is 15.1 Å². The zero-order valence-corrected chi connectivity index (χ0v) is 14.1. The van der Waals surface area contributed by atoms with Crippen molar-refractivity contribution < 1.29 is 13.6 Å². The first-order valence-electron chi connectivity index (χ1n) is 7.75. The van der Waals surface area contributed by atoms with Crippen molar-refractivity contribution in [2.24, 2.45) is 0 Å². The number of halogens is 1. The van der Waals surface area contributed by atoms with Gasteiger partial charge in [0.15, 0.2) is 0 Å². The summed E-state index contributed by atoms with van der Waals surface area (Å²) in [6.45, 7) is 0.592. The third-order valence-electron chi connectivity index (χ3n) is 3.54. The lowest BCUT2D eigenvalue weighted by Crippen LogP contribution is -2.28. The highest BCUT2D eigenvalue weighted by Crippen LogP contribution is 2.20. The van der Waals surface area contributed by atoms with Crippen molar-refractivity contribution in [1.82, 2.24) is 15.1 Å². The van der Waals surface area contributed by atoms with Crippen LogP contribution in [0.4, 0.5) is 4.39 Å². The van der Waals surface area contributed by atoms with Gasteiger partial charge >= 0.3 is 5.76 Å². The van der Waals surface area contributed by atoms with Crippen molar-refractivity contribution >= 4 is 17.2 Å². The van der Waals surface area contributed by atoms with Gasteiger partial charge in [-0.05, 0) is 35.6 Å². The van der Waals surface area contributed by atoms with Crippen LogP contribution in [0, 0.1) is 5.82 Å². The summed E-state index contributed by atoms with van der Waals surface area (Å²) in [5, 5.41) is 8.72. The normalized spacial score (nSPS) is 10.8. The molecule has 0 aliphatic carbocycles. The van der Waals surface area contributed by atoms with E-state index < -0.39 is 5.76 Å². The predicted molar refractivity (Wildman–Crippen MR) is 91.8 cm³/mol. The molecule has 130 valence electrons. The number of thiophene rings is 1. The molecule has 0 unspecified atom stereocenters. The van der Waals surface area contributed by atoms with Crippen molar-refractivity contribution in [1.29, 1.82) is 0 Å². The molecule has 2 heterocycles. The summed E-state index contributed by atoms with van der Waals surface area (Å²) in [6, 6.07) is 9.79. The molecule has 0 bridgehead atoms. The minimum Gasteiger partial charge on any atom is -0.387 e. The van der Waals surface area contributed by atoms with Crippen LogP contribution in [-0.4, -0.2) is 22.2 Å². The van der Waals surface area contributed by atoms with Crippen molar-refractivity contribution in [2.45, 2.75) is 19.4 Å². The Morgan fingerprint density at radius 3 is 2.80 bits per heavy atom. The van der Waals surface area contributed by atoms with Gasteiger partial charge in [-0.3, -0.25) is 4.79 Å². The zero-order valence-electron chi connectivity index (χ0n) is 13.3. The minimum atomic E-state index is -0.581. The maximum Gasteiger partial charge on any atom is 0.437 e. The van der Waals surface area contributed by atoms with E-state index in [2.05, 4.69) is 10.4 Å². The Bertz CT molecular complexity index is 885. The van der Waals surface area contributed by atoms with Gasteiger partial charge < -0.3 is 9.73 Å². The average Bonchev–Trinajstić information content (AvgIpc) is 3.24. The van der Waals surface area contributed by atoms with E-state index in [1.807, 2.05) is 17.5 Å². The second-order valence-electron chi connectivity index (χ2n) is 5.35. The Kier molecular flexibility index (Phi) is 5.39. The van der Waals surface area contributed by atoms with Crippen LogP contribution in [0.5, 0.6) is 0 Å². The van der Waals surface area contributed by atoms with Crippen molar-refractivity contribution in [3.63, 3.8) is 0 Å². The average molecular weight is 361 g/mol. The third-order valence-corrected chi connectivity index (χ3v) is 4.40. The molecule has 8 heteroatoms. The van der Waals surface area contributed by atoms with Crippen LogP contribution >= 0.6 is 11.3 Å². The highest BCUT2D eigenvalue weighted by molar-refractivity contribution is 7.13. The van der Waals surface area contributed by atoms with Gasteiger partial charge in [-0.15, -0.1) is 16.4 Å². The number of nitrogens with one attached hydrogen (secondary N) is 1. The summed E-state index contributed by atoms with van der Waals surface area (Å²) >= 11 is 1.42. The summed E-state index contributed by atoms with van der Waals surface area (Å²) < 4.78 is 19.0. The fourth-order valence-electron chi connectivity index (χ4n) is 2.24. The number of nitrogens with zero attached hydrogens (tertiary/aromatic N) is 2. The zero-order chi connectivity index (χ0) is 17.6. The first-order chi connectivity index (χ1) is 12.1. The molecule has 0 atom stereocenters.